The summed E-state index contributed by atoms with van der Waals surface area (Å²) in [7, 11) is 1.88. The maximum atomic E-state index is 13.3. The van der Waals surface area contributed by atoms with Gasteiger partial charge in [-0.25, -0.2) is 4.79 Å². The van der Waals surface area contributed by atoms with Crippen LogP contribution in [-0.2, 0) is 16.0 Å². The van der Waals surface area contributed by atoms with Crippen LogP contribution in [0.3, 0.4) is 0 Å². The molecule has 3 rings (SSSR count). The number of hydrogen-bond acceptors (Lipinski definition) is 4. The van der Waals surface area contributed by atoms with Gasteiger partial charge in [-0.2, -0.15) is 0 Å². The zero-order chi connectivity index (χ0) is 19.1. The van der Waals surface area contributed by atoms with E-state index < -0.39 is 17.4 Å². The minimum absolute atomic E-state index is 0.279. The summed E-state index contributed by atoms with van der Waals surface area (Å²) in [6.45, 7) is 6.84. The zero-order valence-corrected chi connectivity index (χ0v) is 16.0. The molecule has 0 unspecified atom stereocenters. The fraction of sp³-hybridized carbons (Fsp3) is 0.550. The Morgan fingerprint density at radius 3 is 2.65 bits per heavy atom. The molecule has 1 aromatic rings. The second-order valence-corrected chi connectivity index (χ2v) is 8.00. The van der Waals surface area contributed by atoms with Gasteiger partial charge in [-0.05, 0) is 43.7 Å². The number of imide groups is 2. The van der Waals surface area contributed by atoms with E-state index in [1.54, 1.807) is 0 Å². The monoisotopic (exact) mass is 357 g/mol. The van der Waals surface area contributed by atoms with E-state index in [4.69, 9.17) is 0 Å². The number of hydrogen-bond donors (Lipinski definition) is 1. The van der Waals surface area contributed by atoms with Crippen molar-refractivity contribution in [1.82, 2.24) is 10.2 Å². The summed E-state index contributed by atoms with van der Waals surface area (Å²) in [5, 5.41) is 2.43. The quantitative estimate of drug-likeness (QED) is 0.841. The molecule has 6 heteroatoms. The number of rotatable bonds is 4. The van der Waals surface area contributed by atoms with Crippen LogP contribution in [0.25, 0.3) is 0 Å². The van der Waals surface area contributed by atoms with Crippen molar-refractivity contribution in [3.05, 3.63) is 29.3 Å². The topological polar surface area (TPSA) is 69.7 Å². The van der Waals surface area contributed by atoms with E-state index in [0.29, 0.717) is 18.9 Å². The summed E-state index contributed by atoms with van der Waals surface area (Å²) < 4.78 is 0. The van der Waals surface area contributed by atoms with Gasteiger partial charge in [0.1, 0.15) is 5.41 Å². The van der Waals surface area contributed by atoms with E-state index in [0.717, 1.165) is 29.7 Å². The summed E-state index contributed by atoms with van der Waals surface area (Å²) in [5.74, 6) is -0.343. The Kier molecular flexibility index (Phi) is 4.78. The van der Waals surface area contributed by atoms with Crippen molar-refractivity contribution in [2.24, 2.45) is 11.3 Å². The summed E-state index contributed by atoms with van der Waals surface area (Å²) in [5.41, 5.74) is 1.85. The molecule has 2 aliphatic heterocycles. The number of barbiturate groups is 1. The minimum Gasteiger partial charge on any atom is -0.373 e. The number of amides is 4. The Hall–Kier alpha value is -2.37. The second-order valence-electron chi connectivity index (χ2n) is 8.00. The van der Waals surface area contributed by atoms with Crippen LogP contribution in [0.5, 0.6) is 0 Å². The Morgan fingerprint density at radius 1 is 1.23 bits per heavy atom. The molecule has 1 aromatic carbocycles. The van der Waals surface area contributed by atoms with Gasteiger partial charge in [0.15, 0.2) is 0 Å². The van der Waals surface area contributed by atoms with Gasteiger partial charge >= 0.3 is 6.03 Å². The first-order valence-corrected chi connectivity index (χ1v) is 9.22. The first-order chi connectivity index (χ1) is 12.2. The summed E-state index contributed by atoms with van der Waals surface area (Å²) >= 11 is 0. The lowest BCUT2D eigenvalue weighted by atomic mass is 9.74. The molecule has 6 nitrogen and oxygen atoms in total. The number of anilines is 1. The molecule has 4 amide bonds. The van der Waals surface area contributed by atoms with E-state index in [1.165, 1.54) is 4.90 Å². The van der Waals surface area contributed by atoms with Crippen molar-refractivity contribution in [3.8, 4) is 0 Å². The molecule has 26 heavy (non-hydrogen) atoms. The van der Waals surface area contributed by atoms with E-state index in [1.807, 2.05) is 37.1 Å². The smallest absolute Gasteiger partial charge is 0.330 e. The van der Waals surface area contributed by atoms with Crippen molar-refractivity contribution < 1.29 is 14.4 Å². The van der Waals surface area contributed by atoms with Crippen molar-refractivity contribution in [2.45, 2.75) is 40.0 Å². The molecule has 1 saturated heterocycles. The number of nitrogens with zero attached hydrogens (tertiary/aromatic N) is 2. The van der Waals surface area contributed by atoms with Crippen LogP contribution in [0.2, 0.25) is 0 Å². The Balaban J connectivity index is 1.91. The third-order valence-electron chi connectivity index (χ3n) is 5.36. The molecule has 0 bridgehead atoms. The third kappa shape index (κ3) is 3.08. The van der Waals surface area contributed by atoms with Crippen LogP contribution in [0.4, 0.5) is 10.5 Å². The van der Waals surface area contributed by atoms with Gasteiger partial charge in [-0.3, -0.25) is 19.8 Å². The molecule has 1 atom stereocenters. The third-order valence-corrected chi connectivity index (χ3v) is 5.36. The van der Waals surface area contributed by atoms with Crippen LogP contribution in [0, 0.1) is 18.3 Å². The van der Waals surface area contributed by atoms with Gasteiger partial charge in [0.05, 0.1) is 0 Å². The zero-order valence-electron chi connectivity index (χ0n) is 16.0. The molecule has 0 radical (unpaired) electrons. The van der Waals surface area contributed by atoms with E-state index in [9.17, 15) is 14.4 Å². The lowest BCUT2D eigenvalue weighted by Crippen LogP contribution is -2.68. The molecule has 2 aliphatic rings. The molecule has 2 heterocycles. The van der Waals surface area contributed by atoms with Gasteiger partial charge in [0.2, 0.25) is 11.8 Å². The molecule has 0 aromatic heterocycles. The van der Waals surface area contributed by atoms with Crippen molar-refractivity contribution in [3.63, 3.8) is 0 Å². The SMILES string of the molecule is Cc1ccc2c(c1)C[C@]1(CN2C)C(=O)NC(=O)N(CCCC(C)C)C1=O. The van der Waals surface area contributed by atoms with Crippen molar-refractivity contribution in [2.75, 3.05) is 25.0 Å². The minimum atomic E-state index is -1.23. The Labute approximate surface area is 154 Å². The number of benzene rings is 1. The first-order valence-electron chi connectivity index (χ1n) is 9.22. The molecule has 1 N–H and O–H groups in total. The summed E-state index contributed by atoms with van der Waals surface area (Å²) in [6.07, 6.45) is 2.00. The second kappa shape index (κ2) is 6.74. The molecule has 0 aliphatic carbocycles. The average molecular weight is 357 g/mol. The molecule has 0 saturated carbocycles. The largest absolute Gasteiger partial charge is 0.373 e. The molecule has 1 spiro atoms. The normalized spacial score (nSPS) is 22.9. The number of aryl methyl sites for hydroxylation is 1. The molecular weight excluding hydrogens is 330 g/mol. The van der Waals surface area contributed by atoms with Crippen molar-refractivity contribution >= 4 is 23.5 Å². The maximum Gasteiger partial charge on any atom is 0.330 e. The summed E-state index contributed by atoms with van der Waals surface area (Å²) in [4.78, 5) is 41.4. The van der Waals surface area contributed by atoms with Gasteiger partial charge in [-0.1, -0.05) is 31.5 Å². The predicted molar refractivity (Wildman–Crippen MR) is 99.9 cm³/mol. The van der Waals surface area contributed by atoms with Gasteiger partial charge in [-0.15, -0.1) is 0 Å². The molecule has 1 fully saturated rings. The van der Waals surface area contributed by atoms with Crippen LogP contribution in [0.1, 0.15) is 37.8 Å². The fourth-order valence-corrected chi connectivity index (χ4v) is 3.99. The highest BCUT2D eigenvalue weighted by Gasteiger charge is 2.56. The standard InChI is InChI=1S/C20H27N3O3/c1-13(2)6-5-9-23-18(25)20(17(24)21-19(23)26)11-15-10-14(3)7-8-16(15)22(4)12-20/h7-8,10,13H,5-6,9,11-12H2,1-4H3,(H,21,24,26)/t20-/m0/s1. The number of carbonyl (C=O) groups excluding carboxylic acids is 3. The molecule has 140 valence electrons. The summed E-state index contributed by atoms with van der Waals surface area (Å²) in [6, 6.07) is 5.48. The van der Waals surface area contributed by atoms with E-state index >= 15 is 0 Å². The highest BCUT2D eigenvalue weighted by molar-refractivity contribution is 6.20. The van der Waals surface area contributed by atoms with Gasteiger partial charge in [0, 0.05) is 25.8 Å². The van der Waals surface area contributed by atoms with Crippen LogP contribution < -0.4 is 10.2 Å². The Morgan fingerprint density at radius 2 is 1.96 bits per heavy atom. The molecular formula is C20H27N3O3. The number of urea groups is 1. The number of fused-ring (bicyclic) bond motifs is 1. The fourth-order valence-electron chi connectivity index (χ4n) is 3.99. The average Bonchev–Trinajstić information content (AvgIpc) is 2.55. The highest BCUT2D eigenvalue weighted by atomic mass is 16.2. The van der Waals surface area contributed by atoms with E-state index in [2.05, 4.69) is 19.2 Å². The predicted octanol–water partition coefficient (Wildman–Crippen LogP) is 2.49. The maximum absolute atomic E-state index is 13.3. The lowest BCUT2D eigenvalue weighted by molar-refractivity contribution is -0.151. The van der Waals surface area contributed by atoms with Gasteiger partial charge < -0.3 is 4.90 Å². The number of carbonyl (C=O) groups is 3. The van der Waals surface area contributed by atoms with E-state index in [-0.39, 0.29) is 12.5 Å². The van der Waals surface area contributed by atoms with Crippen molar-refractivity contribution in [1.29, 1.82) is 0 Å². The van der Waals surface area contributed by atoms with Crippen LogP contribution in [0.15, 0.2) is 18.2 Å². The van der Waals surface area contributed by atoms with Crippen LogP contribution in [-0.4, -0.2) is 42.9 Å². The Bertz CT molecular complexity index is 759. The number of nitrogens with one attached hydrogen (secondary N) is 1. The highest BCUT2D eigenvalue weighted by Crippen LogP contribution is 2.39. The van der Waals surface area contributed by atoms with Gasteiger partial charge in [0.25, 0.3) is 0 Å². The lowest BCUT2D eigenvalue weighted by Gasteiger charge is -2.45. The first kappa shape index (κ1) is 18.4. The van der Waals surface area contributed by atoms with Crippen LogP contribution >= 0.6 is 0 Å².